The van der Waals surface area contributed by atoms with Crippen molar-refractivity contribution in [1.29, 1.82) is 0 Å². The molecule has 0 spiro atoms. The summed E-state index contributed by atoms with van der Waals surface area (Å²) in [5.74, 6) is 0. The number of likely N-dealkylation sites (tertiary alicyclic amines) is 1. The molecule has 0 amide bonds. The van der Waals surface area contributed by atoms with Crippen molar-refractivity contribution < 1.29 is 5.21 Å². The molecule has 26 heavy (non-hydrogen) atoms. The fourth-order valence-corrected chi connectivity index (χ4v) is 3.55. The predicted molar refractivity (Wildman–Crippen MR) is 107 cm³/mol. The number of nitrogens with zero attached hydrogens (tertiary/aromatic N) is 3. The van der Waals surface area contributed by atoms with Crippen LogP contribution in [0.3, 0.4) is 0 Å². The van der Waals surface area contributed by atoms with E-state index in [9.17, 15) is 0 Å². The predicted octanol–water partition coefficient (Wildman–Crippen LogP) is 4.00. The van der Waals surface area contributed by atoms with Gasteiger partial charge in [0.15, 0.2) is 0 Å². The van der Waals surface area contributed by atoms with Gasteiger partial charge in [0.2, 0.25) is 0 Å². The van der Waals surface area contributed by atoms with Crippen LogP contribution >= 0.6 is 0 Å². The third-order valence-corrected chi connectivity index (χ3v) is 5.02. The Bertz CT molecular complexity index is 621. The molecule has 0 saturated carbocycles. The largest absolute Gasteiger partial charge is 0.411 e. The molecule has 0 aliphatic carbocycles. The summed E-state index contributed by atoms with van der Waals surface area (Å²) >= 11 is 0. The minimum absolute atomic E-state index is 0.897. The van der Waals surface area contributed by atoms with Crippen molar-refractivity contribution in [2.45, 2.75) is 32.4 Å². The number of rotatable bonds is 8. The van der Waals surface area contributed by atoms with E-state index in [1.54, 1.807) is 0 Å². The SMILES string of the molecule is ON=C1CCN(CCCN(Cc2ccccc2)Cc2ccccc2)CC1. The molecule has 0 unspecified atom stereocenters. The van der Waals surface area contributed by atoms with Gasteiger partial charge in [-0.25, -0.2) is 0 Å². The summed E-state index contributed by atoms with van der Waals surface area (Å²) in [5.41, 5.74) is 3.67. The topological polar surface area (TPSA) is 39.1 Å². The molecule has 3 rings (SSSR count). The Balaban J connectivity index is 1.51. The second kappa shape index (κ2) is 10.1. The average molecular weight is 351 g/mol. The lowest BCUT2D eigenvalue weighted by Gasteiger charge is -2.28. The molecule has 1 heterocycles. The van der Waals surface area contributed by atoms with Crippen LogP contribution in [0.1, 0.15) is 30.4 Å². The maximum absolute atomic E-state index is 8.87. The summed E-state index contributed by atoms with van der Waals surface area (Å²) in [6.45, 7) is 6.18. The monoisotopic (exact) mass is 351 g/mol. The molecule has 1 saturated heterocycles. The van der Waals surface area contributed by atoms with Crippen molar-refractivity contribution >= 4 is 5.71 Å². The van der Waals surface area contributed by atoms with E-state index in [1.807, 2.05) is 0 Å². The van der Waals surface area contributed by atoms with Crippen molar-refractivity contribution in [3.05, 3.63) is 71.8 Å². The van der Waals surface area contributed by atoms with Gasteiger partial charge in [0.25, 0.3) is 0 Å². The van der Waals surface area contributed by atoms with Crippen LogP contribution in [0.4, 0.5) is 0 Å². The first kappa shape index (κ1) is 18.6. The molecule has 0 radical (unpaired) electrons. The van der Waals surface area contributed by atoms with Gasteiger partial charge in [0.1, 0.15) is 0 Å². The van der Waals surface area contributed by atoms with Crippen LogP contribution in [-0.2, 0) is 13.1 Å². The lowest BCUT2D eigenvalue weighted by Crippen LogP contribution is -2.36. The van der Waals surface area contributed by atoms with Crippen LogP contribution in [0.15, 0.2) is 65.8 Å². The Kier molecular flexibility index (Phi) is 7.23. The normalized spacial score (nSPS) is 15.3. The molecule has 1 fully saturated rings. The highest BCUT2D eigenvalue weighted by Crippen LogP contribution is 2.12. The summed E-state index contributed by atoms with van der Waals surface area (Å²) in [6, 6.07) is 21.4. The minimum Gasteiger partial charge on any atom is -0.411 e. The quantitative estimate of drug-likeness (QED) is 0.577. The van der Waals surface area contributed by atoms with Crippen LogP contribution < -0.4 is 0 Å². The van der Waals surface area contributed by atoms with Crippen molar-refractivity contribution in [3.63, 3.8) is 0 Å². The molecule has 138 valence electrons. The Hall–Kier alpha value is -2.17. The summed E-state index contributed by atoms with van der Waals surface area (Å²) in [6.07, 6.45) is 2.95. The minimum atomic E-state index is 0.897. The standard InChI is InChI=1S/C22H29N3O/c26-23-22-12-16-24(17-13-22)14-7-15-25(18-20-8-3-1-4-9-20)19-21-10-5-2-6-11-21/h1-6,8-11,26H,7,12-19H2. The van der Waals surface area contributed by atoms with Gasteiger partial charge in [0.05, 0.1) is 5.71 Å². The molecule has 1 N–H and O–H groups in total. The van der Waals surface area contributed by atoms with Gasteiger partial charge in [-0.05, 0) is 24.1 Å². The van der Waals surface area contributed by atoms with E-state index in [0.717, 1.165) is 64.2 Å². The first-order chi connectivity index (χ1) is 12.8. The van der Waals surface area contributed by atoms with Gasteiger partial charge < -0.3 is 10.1 Å². The van der Waals surface area contributed by atoms with Gasteiger partial charge in [-0.1, -0.05) is 65.8 Å². The van der Waals surface area contributed by atoms with E-state index < -0.39 is 0 Å². The molecule has 0 aromatic heterocycles. The van der Waals surface area contributed by atoms with Crippen molar-refractivity contribution in [1.82, 2.24) is 9.80 Å². The summed E-state index contributed by atoms with van der Waals surface area (Å²) in [5, 5.41) is 12.2. The van der Waals surface area contributed by atoms with Gasteiger partial charge in [-0.15, -0.1) is 0 Å². The molecule has 1 aliphatic heterocycles. The van der Waals surface area contributed by atoms with Gasteiger partial charge in [-0.2, -0.15) is 0 Å². The number of benzene rings is 2. The number of piperidine rings is 1. The Labute approximate surface area is 156 Å². The number of hydrogen-bond donors (Lipinski definition) is 1. The lowest BCUT2D eigenvalue weighted by molar-refractivity contribution is 0.214. The molecule has 1 aliphatic rings. The highest BCUT2D eigenvalue weighted by atomic mass is 16.4. The fourth-order valence-electron chi connectivity index (χ4n) is 3.55. The maximum Gasteiger partial charge on any atom is 0.0596 e. The number of oxime groups is 1. The zero-order chi connectivity index (χ0) is 18.0. The molecule has 4 nitrogen and oxygen atoms in total. The first-order valence-electron chi connectivity index (χ1n) is 9.56. The Morgan fingerprint density at radius 1 is 0.846 bits per heavy atom. The second-order valence-electron chi connectivity index (χ2n) is 7.04. The molecule has 2 aromatic carbocycles. The van der Waals surface area contributed by atoms with E-state index in [0.29, 0.717) is 0 Å². The van der Waals surface area contributed by atoms with Crippen LogP contribution in [0.25, 0.3) is 0 Å². The van der Waals surface area contributed by atoms with Crippen LogP contribution in [0, 0.1) is 0 Å². The van der Waals surface area contributed by atoms with E-state index in [2.05, 4.69) is 75.6 Å². The smallest absolute Gasteiger partial charge is 0.0596 e. The molecule has 0 atom stereocenters. The van der Waals surface area contributed by atoms with E-state index in [-0.39, 0.29) is 0 Å². The van der Waals surface area contributed by atoms with Crippen LogP contribution in [0.5, 0.6) is 0 Å². The van der Waals surface area contributed by atoms with Crippen LogP contribution in [0.2, 0.25) is 0 Å². The molecule has 2 aromatic rings. The Morgan fingerprint density at radius 2 is 1.38 bits per heavy atom. The molecule has 4 heteroatoms. The van der Waals surface area contributed by atoms with E-state index in [4.69, 9.17) is 5.21 Å². The van der Waals surface area contributed by atoms with Crippen LogP contribution in [-0.4, -0.2) is 46.9 Å². The Morgan fingerprint density at radius 3 is 1.88 bits per heavy atom. The zero-order valence-electron chi connectivity index (χ0n) is 15.4. The van der Waals surface area contributed by atoms with Gasteiger partial charge in [-0.3, -0.25) is 4.90 Å². The number of hydrogen-bond acceptors (Lipinski definition) is 4. The third kappa shape index (κ3) is 5.97. The third-order valence-electron chi connectivity index (χ3n) is 5.02. The van der Waals surface area contributed by atoms with Gasteiger partial charge >= 0.3 is 0 Å². The van der Waals surface area contributed by atoms with Crippen molar-refractivity contribution in [2.75, 3.05) is 26.2 Å². The van der Waals surface area contributed by atoms with Crippen molar-refractivity contribution in [2.24, 2.45) is 5.16 Å². The average Bonchev–Trinajstić information content (AvgIpc) is 2.70. The fraction of sp³-hybridized carbons (Fsp3) is 0.409. The first-order valence-corrected chi connectivity index (χ1v) is 9.56. The summed E-state index contributed by atoms with van der Waals surface area (Å²) in [7, 11) is 0. The zero-order valence-corrected chi connectivity index (χ0v) is 15.4. The lowest BCUT2D eigenvalue weighted by atomic mass is 10.1. The summed E-state index contributed by atoms with van der Waals surface area (Å²) < 4.78 is 0. The second-order valence-corrected chi connectivity index (χ2v) is 7.04. The van der Waals surface area contributed by atoms with E-state index in [1.165, 1.54) is 11.1 Å². The van der Waals surface area contributed by atoms with Gasteiger partial charge in [0, 0.05) is 45.6 Å². The summed E-state index contributed by atoms with van der Waals surface area (Å²) in [4.78, 5) is 5.02. The highest BCUT2D eigenvalue weighted by Gasteiger charge is 2.15. The maximum atomic E-state index is 8.87. The highest BCUT2D eigenvalue weighted by molar-refractivity contribution is 5.84. The van der Waals surface area contributed by atoms with Crippen molar-refractivity contribution in [3.8, 4) is 0 Å². The molecule has 0 bridgehead atoms. The molecular formula is C22H29N3O. The van der Waals surface area contributed by atoms with E-state index >= 15 is 0 Å². The molecular weight excluding hydrogens is 322 g/mol.